The summed E-state index contributed by atoms with van der Waals surface area (Å²) in [5.41, 5.74) is 0.805. The molecule has 0 aliphatic heterocycles. The molecule has 0 bridgehead atoms. The molecule has 2 N–H and O–H groups in total. The van der Waals surface area contributed by atoms with Crippen LogP contribution < -0.4 is 4.72 Å². The Labute approximate surface area is 141 Å². The Morgan fingerprint density at radius 1 is 1.42 bits per heavy atom. The Morgan fingerprint density at radius 2 is 2.17 bits per heavy atom. The lowest BCUT2D eigenvalue weighted by Crippen LogP contribution is -2.41. The van der Waals surface area contributed by atoms with E-state index in [4.69, 9.17) is 0 Å². The first-order valence-corrected chi connectivity index (χ1v) is 9.59. The summed E-state index contributed by atoms with van der Waals surface area (Å²) in [5, 5.41) is 18.0. The van der Waals surface area contributed by atoms with E-state index in [-0.39, 0.29) is 17.0 Å². The molecule has 0 aromatic carbocycles. The smallest absolute Gasteiger partial charge is 0.258 e. The zero-order chi connectivity index (χ0) is 17.3. The normalized spacial score (nSPS) is 22.3. The molecule has 0 saturated heterocycles. The lowest BCUT2D eigenvalue weighted by atomic mass is 9.76. The molecule has 2 aromatic rings. The van der Waals surface area contributed by atoms with Crippen molar-refractivity contribution < 1.29 is 13.5 Å². The fourth-order valence-corrected chi connectivity index (χ4v) is 4.53. The number of rotatable bonds is 7. The molecule has 0 unspecified atom stereocenters. The van der Waals surface area contributed by atoms with E-state index in [0.717, 1.165) is 12.0 Å². The summed E-state index contributed by atoms with van der Waals surface area (Å²) in [6.45, 7) is 2.52. The van der Waals surface area contributed by atoms with Crippen LogP contribution in [0.2, 0.25) is 0 Å². The summed E-state index contributed by atoms with van der Waals surface area (Å²) in [6, 6.07) is 1.10. The molecule has 1 aliphatic rings. The van der Waals surface area contributed by atoms with Gasteiger partial charge in [0.05, 0.1) is 24.5 Å². The highest BCUT2D eigenvalue weighted by atomic mass is 32.2. The topological polar surface area (TPSA) is 102 Å². The van der Waals surface area contributed by atoms with Crippen molar-refractivity contribution in [1.82, 2.24) is 24.3 Å². The summed E-state index contributed by atoms with van der Waals surface area (Å²) in [7, 11) is -1.92. The molecule has 132 valence electrons. The van der Waals surface area contributed by atoms with Crippen molar-refractivity contribution in [2.24, 2.45) is 13.0 Å². The van der Waals surface area contributed by atoms with Gasteiger partial charge in [0, 0.05) is 25.4 Å². The minimum absolute atomic E-state index is 0.0570. The minimum Gasteiger partial charge on any atom is -0.393 e. The third kappa shape index (κ3) is 3.38. The van der Waals surface area contributed by atoms with Crippen molar-refractivity contribution in [3.8, 4) is 0 Å². The maximum atomic E-state index is 12.8. The van der Waals surface area contributed by atoms with Gasteiger partial charge < -0.3 is 5.11 Å². The van der Waals surface area contributed by atoms with Crippen molar-refractivity contribution in [3.05, 3.63) is 30.2 Å². The summed E-state index contributed by atoms with van der Waals surface area (Å²) in [5.74, 6) is 0.0570. The van der Waals surface area contributed by atoms with Crippen molar-refractivity contribution in [1.29, 1.82) is 0 Å². The van der Waals surface area contributed by atoms with E-state index in [1.54, 1.807) is 24.1 Å². The number of aliphatic hydroxyl groups excluding tert-OH is 1. The van der Waals surface area contributed by atoms with Crippen LogP contribution in [0, 0.1) is 5.92 Å². The molecule has 0 spiro atoms. The summed E-state index contributed by atoms with van der Waals surface area (Å²) < 4.78 is 31.6. The quantitative estimate of drug-likeness (QED) is 0.767. The van der Waals surface area contributed by atoms with Gasteiger partial charge in [0.25, 0.3) is 10.0 Å². The fraction of sp³-hybridized carbons (Fsp3) is 0.600. The van der Waals surface area contributed by atoms with Gasteiger partial charge in [-0.3, -0.25) is 9.36 Å². The number of sulfonamides is 1. The predicted octanol–water partition coefficient (Wildman–Crippen LogP) is 0.817. The number of nitrogens with one attached hydrogen (secondary N) is 1. The molecular weight excluding hydrogens is 330 g/mol. The van der Waals surface area contributed by atoms with Gasteiger partial charge in [0.15, 0.2) is 5.03 Å². The second kappa shape index (κ2) is 6.66. The Kier molecular flexibility index (Phi) is 4.75. The zero-order valence-corrected chi connectivity index (χ0v) is 14.6. The molecule has 2 aromatic heterocycles. The van der Waals surface area contributed by atoms with Crippen LogP contribution in [0.15, 0.2) is 29.7 Å². The van der Waals surface area contributed by atoms with Crippen LogP contribution >= 0.6 is 0 Å². The van der Waals surface area contributed by atoms with E-state index in [1.807, 2.05) is 6.92 Å². The Hall–Kier alpha value is -1.71. The van der Waals surface area contributed by atoms with E-state index < -0.39 is 16.1 Å². The molecule has 2 heterocycles. The highest BCUT2D eigenvalue weighted by Gasteiger charge is 2.38. The minimum atomic E-state index is -3.71. The van der Waals surface area contributed by atoms with Crippen LogP contribution in [0.4, 0.5) is 0 Å². The van der Waals surface area contributed by atoms with Crippen LogP contribution in [0.3, 0.4) is 0 Å². The number of hydrogen-bond donors (Lipinski definition) is 2. The average molecular weight is 353 g/mol. The first kappa shape index (κ1) is 17.1. The van der Waals surface area contributed by atoms with E-state index >= 15 is 0 Å². The van der Waals surface area contributed by atoms with E-state index in [0.29, 0.717) is 19.4 Å². The second-order valence-corrected chi connectivity index (χ2v) is 7.99. The molecule has 1 aliphatic carbocycles. The van der Waals surface area contributed by atoms with Gasteiger partial charge in [-0.05, 0) is 31.2 Å². The van der Waals surface area contributed by atoms with Gasteiger partial charge in [-0.15, -0.1) is 0 Å². The number of nitrogens with zero attached hydrogens (tertiary/aromatic N) is 4. The molecular formula is C15H23N5O3S. The van der Waals surface area contributed by atoms with Gasteiger partial charge in [-0.25, -0.2) is 13.1 Å². The van der Waals surface area contributed by atoms with E-state index in [9.17, 15) is 13.5 Å². The van der Waals surface area contributed by atoms with Gasteiger partial charge >= 0.3 is 0 Å². The molecule has 1 saturated carbocycles. The molecule has 24 heavy (non-hydrogen) atoms. The molecule has 0 radical (unpaired) electrons. The van der Waals surface area contributed by atoms with Crippen molar-refractivity contribution in [2.45, 2.75) is 49.9 Å². The SMILES string of the molecule is CCCn1nccc1S(=O)(=O)N[C@@H](c1cnn(C)c1)C1CC(O)C1. The third-order valence-electron chi connectivity index (χ3n) is 4.38. The summed E-state index contributed by atoms with van der Waals surface area (Å²) >= 11 is 0. The predicted molar refractivity (Wildman–Crippen MR) is 87.5 cm³/mol. The average Bonchev–Trinajstić information content (AvgIpc) is 3.11. The first-order valence-electron chi connectivity index (χ1n) is 8.11. The lowest BCUT2D eigenvalue weighted by Gasteiger charge is -2.37. The zero-order valence-electron chi connectivity index (χ0n) is 13.8. The molecule has 8 nitrogen and oxygen atoms in total. The summed E-state index contributed by atoms with van der Waals surface area (Å²) in [4.78, 5) is 0. The first-order chi connectivity index (χ1) is 11.4. The van der Waals surface area contributed by atoms with Crippen molar-refractivity contribution in [3.63, 3.8) is 0 Å². The number of hydrogen-bond acceptors (Lipinski definition) is 5. The second-order valence-electron chi connectivity index (χ2n) is 6.32. The molecule has 1 atom stereocenters. The molecule has 9 heteroatoms. The largest absolute Gasteiger partial charge is 0.393 e. The van der Waals surface area contributed by atoms with Crippen LogP contribution in [-0.4, -0.2) is 39.2 Å². The highest BCUT2D eigenvalue weighted by molar-refractivity contribution is 7.89. The maximum absolute atomic E-state index is 12.8. The van der Waals surface area contributed by atoms with Gasteiger partial charge in [0.1, 0.15) is 0 Å². The monoisotopic (exact) mass is 353 g/mol. The van der Waals surface area contributed by atoms with Gasteiger partial charge in [-0.2, -0.15) is 10.2 Å². The summed E-state index contributed by atoms with van der Waals surface area (Å²) in [6.07, 6.45) is 6.57. The fourth-order valence-electron chi connectivity index (χ4n) is 3.10. The van der Waals surface area contributed by atoms with Crippen LogP contribution in [-0.2, 0) is 23.6 Å². The Balaban J connectivity index is 1.87. The number of aromatic nitrogens is 4. The van der Waals surface area contributed by atoms with Crippen LogP contribution in [0.25, 0.3) is 0 Å². The number of aliphatic hydroxyl groups is 1. The van der Waals surface area contributed by atoms with Gasteiger partial charge in [-0.1, -0.05) is 6.92 Å². The highest BCUT2D eigenvalue weighted by Crippen LogP contribution is 2.38. The van der Waals surface area contributed by atoms with Gasteiger partial charge in [0.2, 0.25) is 0 Å². The molecule has 3 rings (SSSR count). The molecule has 1 fully saturated rings. The lowest BCUT2D eigenvalue weighted by molar-refractivity contribution is 0.0280. The third-order valence-corrected chi connectivity index (χ3v) is 5.84. The standard InChI is InChI=1S/C15H23N5O3S/c1-3-6-20-14(4-5-16-20)24(22,23)18-15(11-7-13(21)8-11)12-9-17-19(2)10-12/h4-5,9-11,13,15,18,21H,3,6-8H2,1-2H3/t11?,13?,15-/m1/s1. The van der Waals surface area contributed by atoms with Crippen LogP contribution in [0.5, 0.6) is 0 Å². The Morgan fingerprint density at radius 3 is 2.75 bits per heavy atom. The maximum Gasteiger partial charge on any atom is 0.258 e. The van der Waals surface area contributed by atoms with E-state index in [2.05, 4.69) is 14.9 Å². The number of aryl methyl sites for hydroxylation is 2. The molecule has 0 amide bonds. The van der Waals surface area contributed by atoms with Crippen molar-refractivity contribution in [2.75, 3.05) is 0 Å². The Bertz CT molecular complexity index is 792. The van der Waals surface area contributed by atoms with Crippen LogP contribution in [0.1, 0.15) is 37.8 Å². The van der Waals surface area contributed by atoms with E-state index in [1.165, 1.54) is 16.9 Å². The van der Waals surface area contributed by atoms with Crippen molar-refractivity contribution >= 4 is 10.0 Å².